The highest BCUT2D eigenvalue weighted by molar-refractivity contribution is 5.31. The summed E-state index contributed by atoms with van der Waals surface area (Å²) in [5.41, 5.74) is 8.37. The molecule has 0 spiro atoms. The van der Waals surface area contributed by atoms with Gasteiger partial charge in [-0.1, -0.05) is 86.3 Å². The van der Waals surface area contributed by atoms with E-state index in [2.05, 4.69) is 91.8 Å². The summed E-state index contributed by atoms with van der Waals surface area (Å²) in [5, 5.41) is 0. The molecule has 2 rings (SSSR count). The Balaban J connectivity index is 0.000000220. The molecule has 0 heterocycles. The van der Waals surface area contributed by atoms with E-state index in [1.807, 2.05) is 0 Å². The molecule has 0 aliphatic heterocycles. The Hall–Kier alpha value is -1.56. The SMILES string of the molecule is Cc1cc(C)cc(C(C)C)c1.Cc1cc(C)cc(C(C)C)c1. The molecule has 2 aromatic carbocycles. The molecular formula is C22H32. The Labute approximate surface area is 137 Å². The molecule has 0 N–H and O–H groups in total. The van der Waals surface area contributed by atoms with Crippen molar-refractivity contribution in [3.63, 3.8) is 0 Å². The van der Waals surface area contributed by atoms with Crippen LogP contribution < -0.4 is 0 Å². The molecule has 2 aromatic rings. The molecule has 0 unspecified atom stereocenters. The third-order valence-corrected chi connectivity index (χ3v) is 3.82. The number of aryl methyl sites for hydroxylation is 4. The van der Waals surface area contributed by atoms with Gasteiger partial charge in [-0.3, -0.25) is 0 Å². The third-order valence-electron chi connectivity index (χ3n) is 3.82. The summed E-state index contributed by atoms with van der Waals surface area (Å²) in [6.45, 7) is 17.5. The summed E-state index contributed by atoms with van der Waals surface area (Å²) < 4.78 is 0. The maximum Gasteiger partial charge on any atom is -0.0219 e. The predicted molar refractivity (Wildman–Crippen MR) is 100 cm³/mol. The van der Waals surface area contributed by atoms with Crippen molar-refractivity contribution in [1.82, 2.24) is 0 Å². The van der Waals surface area contributed by atoms with Crippen molar-refractivity contribution < 1.29 is 0 Å². The van der Waals surface area contributed by atoms with Crippen LogP contribution in [0.25, 0.3) is 0 Å². The zero-order valence-electron chi connectivity index (χ0n) is 15.6. The fourth-order valence-electron chi connectivity index (χ4n) is 2.69. The van der Waals surface area contributed by atoms with E-state index >= 15 is 0 Å². The minimum Gasteiger partial charge on any atom is -0.0587 e. The minimum absolute atomic E-state index is 0.647. The molecule has 0 saturated heterocycles. The Morgan fingerprint density at radius 1 is 0.455 bits per heavy atom. The predicted octanol–water partition coefficient (Wildman–Crippen LogP) is 6.85. The van der Waals surface area contributed by atoms with Gasteiger partial charge in [-0.25, -0.2) is 0 Å². The van der Waals surface area contributed by atoms with Gasteiger partial charge in [0.05, 0.1) is 0 Å². The van der Waals surface area contributed by atoms with E-state index in [-0.39, 0.29) is 0 Å². The van der Waals surface area contributed by atoms with Crippen molar-refractivity contribution in [2.45, 2.75) is 67.2 Å². The van der Waals surface area contributed by atoms with E-state index < -0.39 is 0 Å². The van der Waals surface area contributed by atoms with Crippen LogP contribution >= 0.6 is 0 Å². The van der Waals surface area contributed by atoms with Crippen molar-refractivity contribution in [3.05, 3.63) is 69.8 Å². The lowest BCUT2D eigenvalue weighted by molar-refractivity contribution is 0.863. The second-order valence-corrected chi connectivity index (χ2v) is 7.15. The first-order valence-electron chi connectivity index (χ1n) is 8.35. The molecule has 0 heteroatoms. The fourth-order valence-corrected chi connectivity index (χ4v) is 2.69. The Morgan fingerprint density at radius 3 is 0.864 bits per heavy atom. The fraction of sp³-hybridized carbons (Fsp3) is 0.455. The van der Waals surface area contributed by atoms with Crippen LogP contribution in [0.15, 0.2) is 36.4 Å². The van der Waals surface area contributed by atoms with Gasteiger partial charge < -0.3 is 0 Å². The average Bonchev–Trinajstić information content (AvgIpc) is 2.37. The molecular weight excluding hydrogens is 264 g/mol. The first-order valence-corrected chi connectivity index (χ1v) is 8.35. The molecule has 0 aliphatic rings. The van der Waals surface area contributed by atoms with Gasteiger partial charge in [-0.05, 0) is 50.7 Å². The monoisotopic (exact) mass is 296 g/mol. The molecule has 0 bridgehead atoms. The lowest BCUT2D eigenvalue weighted by atomic mass is 9.99. The maximum absolute atomic E-state index is 2.26. The van der Waals surface area contributed by atoms with Crippen LogP contribution in [-0.4, -0.2) is 0 Å². The molecule has 120 valence electrons. The zero-order valence-corrected chi connectivity index (χ0v) is 15.6. The van der Waals surface area contributed by atoms with Crippen molar-refractivity contribution in [2.24, 2.45) is 0 Å². The largest absolute Gasteiger partial charge is 0.0587 e. The van der Waals surface area contributed by atoms with Gasteiger partial charge in [-0.15, -0.1) is 0 Å². The number of hydrogen-bond donors (Lipinski definition) is 0. The third kappa shape index (κ3) is 6.05. The lowest BCUT2D eigenvalue weighted by Gasteiger charge is -2.07. The highest BCUT2D eigenvalue weighted by Crippen LogP contribution is 2.18. The van der Waals surface area contributed by atoms with Crippen LogP contribution in [0.5, 0.6) is 0 Å². The standard InChI is InChI=1S/2C11H16/c2*1-8(2)11-6-9(3)5-10(4)7-11/h2*5-8H,1-4H3. The van der Waals surface area contributed by atoms with Gasteiger partial charge in [0.15, 0.2) is 0 Å². The van der Waals surface area contributed by atoms with E-state index in [0.717, 1.165) is 0 Å². The van der Waals surface area contributed by atoms with Gasteiger partial charge in [0.2, 0.25) is 0 Å². The van der Waals surface area contributed by atoms with E-state index in [4.69, 9.17) is 0 Å². The molecule has 0 atom stereocenters. The summed E-state index contributed by atoms with van der Waals surface area (Å²) >= 11 is 0. The second-order valence-electron chi connectivity index (χ2n) is 7.15. The van der Waals surface area contributed by atoms with Crippen molar-refractivity contribution in [1.29, 1.82) is 0 Å². The van der Waals surface area contributed by atoms with Crippen LogP contribution in [0.4, 0.5) is 0 Å². The van der Waals surface area contributed by atoms with E-state index in [0.29, 0.717) is 11.8 Å². The molecule has 0 amide bonds. The first kappa shape index (κ1) is 18.5. The summed E-state index contributed by atoms with van der Waals surface area (Å²) in [6.07, 6.45) is 0. The zero-order chi connectivity index (χ0) is 16.9. The molecule has 0 nitrogen and oxygen atoms in total. The van der Waals surface area contributed by atoms with E-state index in [1.54, 1.807) is 0 Å². The van der Waals surface area contributed by atoms with Crippen LogP contribution in [0, 0.1) is 27.7 Å². The Bertz CT molecular complexity index is 507. The van der Waals surface area contributed by atoms with Gasteiger partial charge in [0.1, 0.15) is 0 Å². The summed E-state index contributed by atoms with van der Waals surface area (Å²) in [7, 11) is 0. The highest BCUT2D eigenvalue weighted by Gasteiger charge is 2.00. The van der Waals surface area contributed by atoms with Crippen LogP contribution in [0.1, 0.15) is 72.9 Å². The van der Waals surface area contributed by atoms with Gasteiger partial charge >= 0.3 is 0 Å². The average molecular weight is 296 g/mol. The summed E-state index contributed by atoms with van der Waals surface area (Å²) in [4.78, 5) is 0. The molecule has 0 aromatic heterocycles. The van der Waals surface area contributed by atoms with Crippen LogP contribution in [0.3, 0.4) is 0 Å². The lowest BCUT2D eigenvalue weighted by Crippen LogP contribution is -1.89. The second kappa shape index (κ2) is 8.17. The van der Waals surface area contributed by atoms with Crippen molar-refractivity contribution in [2.75, 3.05) is 0 Å². The van der Waals surface area contributed by atoms with E-state index in [1.165, 1.54) is 33.4 Å². The molecule has 0 saturated carbocycles. The molecule has 0 fully saturated rings. The molecule has 0 radical (unpaired) electrons. The molecule has 0 aliphatic carbocycles. The minimum atomic E-state index is 0.647. The Morgan fingerprint density at radius 2 is 0.682 bits per heavy atom. The van der Waals surface area contributed by atoms with Crippen LogP contribution in [0.2, 0.25) is 0 Å². The van der Waals surface area contributed by atoms with Gasteiger partial charge in [-0.2, -0.15) is 0 Å². The summed E-state index contributed by atoms with van der Waals surface area (Å²) in [5.74, 6) is 1.29. The normalized spacial score (nSPS) is 10.6. The van der Waals surface area contributed by atoms with Crippen molar-refractivity contribution in [3.8, 4) is 0 Å². The number of benzene rings is 2. The topological polar surface area (TPSA) is 0 Å². The first-order chi connectivity index (χ1) is 10.2. The quantitative estimate of drug-likeness (QED) is 0.568. The van der Waals surface area contributed by atoms with E-state index in [9.17, 15) is 0 Å². The summed E-state index contributed by atoms with van der Waals surface area (Å²) in [6, 6.07) is 13.5. The number of rotatable bonds is 2. The van der Waals surface area contributed by atoms with Gasteiger partial charge in [0.25, 0.3) is 0 Å². The highest BCUT2D eigenvalue weighted by atomic mass is 14.1. The smallest absolute Gasteiger partial charge is 0.0219 e. The number of hydrogen-bond acceptors (Lipinski definition) is 0. The Kier molecular flexibility index (Phi) is 6.87. The van der Waals surface area contributed by atoms with Crippen LogP contribution in [-0.2, 0) is 0 Å². The maximum atomic E-state index is 2.26. The molecule has 22 heavy (non-hydrogen) atoms. The van der Waals surface area contributed by atoms with Gasteiger partial charge in [0, 0.05) is 0 Å². The van der Waals surface area contributed by atoms with Crippen molar-refractivity contribution >= 4 is 0 Å².